The molecule has 0 aromatic carbocycles. The van der Waals surface area contributed by atoms with Gasteiger partial charge in [-0.15, -0.1) is 0 Å². The van der Waals surface area contributed by atoms with Gasteiger partial charge in [-0.1, -0.05) is 0 Å². The molecule has 1 saturated heterocycles. The van der Waals surface area contributed by atoms with Crippen LogP contribution in [0.3, 0.4) is 0 Å². The number of carbonyl (C=O) groups excluding carboxylic acids is 4. The van der Waals surface area contributed by atoms with Gasteiger partial charge in [-0.25, -0.2) is 31.8 Å². The Morgan fingerprint density at radius 3 is 1.12 bits per heavy atom. The number of nitrogens with two attached hydrogens (primary N) is 4. The molecule has 15 heteroatoms. The quantitative estimate of drug-likeness (QED) is 0.0935. The van der Waals surface area contributed by atoms with Crippen LogP contribution in [-0.2, 0) is 29.0 Å². The Balaban J connectivity index is 3.42. The molecule has 25 heavy (non-hydrogen) atoms. The minimum Gasteiger partial charge on any atom is -0.294 e. The molecule has 1 heterocycles. The zero-order valence-electron chi connectivity index (χ0n) is 12.9. The summed E-state index contributed by atoms with van der Waals surface area (Å²) in [5, 5.41) is 0. The monoisotopic (exact) mass is 380 g/mol. The number of hydrogen-bond donors (Lipinski definition) is 8. The first-order chi connectivity index (χ1) is 11.6. The smallest absolute Gasteiger partial charge is 0.246 e. The molecule has 1 aliphatic heterocycles. The number of sulfone groups is 1. The van der Waals surface area contributed by atoms with Crippen molar-refractivity contribution in [2.45, 2.75) is 0 Å². The lowest BCUT2D eigenvalue weighted by atomic mass is 9.75. The zero-order chi connectivity index (χ0) is 19.4. The number of nitrogens with one attached hydrogen (secondary N) is 4. The molecule has 0 spiro atoms. The van der Waals surface area contributed by atoms with Crippen LogP contribution in [0.25, 0.3) is 0 Å². The highest BCUT2D eigenvalue weighted by molar-refractivity contribution is 7.91. The molecule has 2 atom stereocenters. The summed E-state index contributed by atoms with van der Waals surface area (Å²) in [6.45, 7) is 0. The van der Waals surface area contributed by atoms with Gasteiger partial charge in [0.25, 0.3) is 0 Å². The van der Waals surface area contributed by atoms with E-state index in [-0.39, 0.29) is 0 Å². The Bertz CT molecular complexity index is 584. The van der Waals surface area contributed by atoms with Gasteiger partial charge in [-0.3, -0.25) is 40.9 Å². The summed E-state index contributed by atoms with van der Waals surface area (Å²) in [7, 11) is -3.78. The third kappa shape index (κ3) is 4.40. The second-order valence-electron chi connectivity index (χ2n) is 5.39. The van der Waals surface area contributed by atoms with Gasteiger partial charge in [-0.05, 0) is 11.8 Å². The van der Waals surface area contributed by atoms with E-state index in [2.05, 4.69) is 0 Å². The van der Waals surface area contributed by atoms with Crippen LogP contribution in [0, 0.1) is 23.7 Å². The summed E-state index contributed by atoms with van der Waals surface area (Å²) >= 11 is 0. The maximum absolute atomic E-state index is 12.1. The van der Waals surface area contributed by atoms with E-state index in [1.165, 1.54) is 0 Å². The van der Waals surface area contributed by atoms with Crippen molar-refractivity contribution in [2.75, 3.05) is 11.5 Å². The Kier molecular flexibility index (Phi) is 6.77. The van der Waals surface area contributed by atoms with Gasteiger partial charge in [0.2, 0.25) is 23.6 Å². The average molecular weight is 380 g/mol. The van der Waals surface area contributed by atoms with Crippen LogP contribution in [0.5, 0.6) is 0 Å². The van der Waals surface area contributed by atoms with Crippen molar-refractivity contribution < 1.29 is 27.6 Å². The fraction of sp³-hybridized carbons (Fsp3) is 0.600. The fourth-order valence-corrected chi connectivity index (χ4v) is 5.15. The summed E-state index contributed by atoms with van der Waals surface area (Å²) in [5.74, 6) is 8.84. The van der Waals surface area contributed by atoms with E-state index in [9.17, 15) is 27.6 Å². The van der Waals surface area contributed by atoms with Crippen LogP contribution in [0.2, 0.25) is 0 Å². The topological polar surface area (TPSA) is 255 Å². The summed E-state index contributed by atoms with van der Waals surface area (Å²) in [4.78, 5) is 47.8. The van der Waals surface area contributed by atoms with E-state index >= 15 is 0 Å². The molecular weight excluding hydrogens is 360 g/mol. The molecule has 12 N–H and O–H groups in total. The van der Waals surface area contributed by atoms with Crippen LogP contribution in [-0.4, -0.2) is 43.6 Å². The van der Waals surface area contributed by atoms with Crippen molar-refractivity contribution in [1.82, 2.24) is 21.7 Å². The maximum Gasteiger partial charge on any atom is 0.246 e. The maximum atomic E-state index is 12.1. The molecule has 2 unspecified atom stereocenters. The highest BCUT2D eigenvalue weighted by Gasteiger charge is 2.53. The normalized spacial score (nSPS) is 21.7. The summed E-state index contributed by atoms with van der Waals surface area (Å²) in [6.07, 6.45) is 0. The summed E-state index contributed by atoms with van der Waals surface area (Å²) in [6, 6.07) is 0. The third-order valence-corrected chi connectivity index (χ3v) is 5.78. The molecule has 0 aromatic rings. The van der Waals surface area contributed by atoms with Crippen LogP contribution in [0.15, 0.2) is 0 Å². The van der Waals surface area contributed by atoms with Gasteiger partial charge in [0.1, 0.15) is 11.8 Å². The predicted molar refractivity (Wildman–Crippen MR) is 81.9 cm³/mol. The van der Waals surface area contributed by atoms with Crippen LogP contribution < -0.4 is 45.1 Å². The Morgan fingerprint density at radius 1 is 0.680 bits per heavy atom. The zero-order valence-corrected chi connectivity index (χ0v) is 13.7. The van der Waals surface area contributed by atoms with Crippen LogP contribution >= 0.6 is 0 Å². The molecule has 4 amide bonds. The molecule has 14 nitrogen and oxygen atoms in total. The minimum atomic E-state index is -3.78. The second kappa shape index (κ2) is 8.17. The minimum absolute atomic E-state index is 0.643. The van der Waals surface area contributed by atoms with Gasteiger partial charge in [-0.2, -0.15) is 0 Å². The average Bonchev–Trinajstić information content (AvgIpc) is 2.88. The van der Waals surface area contributed by atoms with Crippen LogP contribution in [0.4, 0.5) is 0 Å². The van der Waals surface area contributed by atoms with Gasteiger partial charge in [0.15, 0.2) is 9.84 Å². The SMILES string of the molecule is NNC(=O)C(C(=O)NN)C1CS(=O)(=O)CC1C(C(=O)NN)C(=O)NN. The van der Waals surface area contributed by atoms with E-state index < -0.39 is 68.6 Å². The molecule has 0 saturated carbocycles. The molecule has 0 aromatic heterocycles. The highest BCUT2D eigenvalue weighted by atomic mass is 32.2. The molecular formula is C10H20N8O6S. The van der Waals surface area contributed by atoms with Crippen molar-refractivity contribution in [3.05, 3.63) is 0 Å². The number of amides is 4. The summed E-state index contributed by atoms with van der Waals surface area (Å²) in [5.41, 5.74) is 6.92. The van der Waals surface area contributed by atoms with Gasteiger partial charge < -0.3 is 0 Å². The van der Waals surface area contributed by atoms with Crippen LogP contribution in [0.1, 0.15) is 0 Å². The highest BCUT2D eigenvalue weighted by Crippen LogP contribution is 2.37. The molecule has 1 rings (SSSR count). The molecule has 1 aliphatic rings. The predicted octanol–water partition coefficient (Wildman–Crippen LogP) is -6.16. The lowest BCUT2D eigenvalue weighted by Crippen LogP contribution is -2.54. The first-order valence-corrected chi connectivity index (χ1v) is 8.67. The Labute approximate surface area is 142 Å². The van der Waals surface area contributed by atoms with E-state index in [0.717, 1.165) is 0 Å². The number of rotatable bonds is 6. The van der Waals surface area contributed by atoms with Crippen molar-refractivity contribution in [2.24, 2.45) is 47.0 Å². The van der Waals surface area contributed by atoms with Crippen molar-refractivity contribution >= 4 is 33.5 Å². The Morgan fingerprint density at radius 2 is 0.920 bits per heavy atom. The van der Waals surface area contributed by atoms with Crippen molar-refractivity contribution in [1.29, 1.82) is 0 Å². The molecule has 142 valence electrons. The third-order valence-electron chi connectivity index (χ3n) is 4.00. The van der Waals surface area contributed by atoms with Gasteiger partial charge in [0, 0.05) is 0 Å². The number of hydrazine groups is 4. The molecule has 0 bridgehead atoms. The molecule has 0 radical (unpaired) electrons. The first kappa shape index (κ1) is 20.7. The van der Waals surface area contributed by atoms with Crippen molar-refractivity contribution in [3.8, 4) is 0 Å². The molecule has 1 fully saturated rings. The van der Waals surface area contributed by atoms with E-state index in [4.69, 9.17) is 23.4 Å². The van der Waals surface area contributed by atoms with E-state index in [1.807, 2.05) is 0 Å². The lowest BCUT2D eigenvalue weighted by molar-refractivity contribution is -0.144. The number of hydrogen-bond acceptors (Lipinski definition) is 10. The van der Waals surface area contributed by atoms with Gasteiger partial charge >= 0.3 is 0 Å². The van der Waals surface area contributed by atoms with E-state index in [1.54, 1.807) is 21.7 Å². The first-order valence-electron chi connectivity index (χ1n) is 6.85. The Hall–Kier alpha value is -2.33. The van der Waals surface area contributed by atoms with Crippen molar-refractivity contribution in [3.63, 3.8) is 0 Å². The number of carbonyl (C=O) groups is 4. The van der Waals surface area contributed by atoms with Gasteiger partial charge in [0.05, 0.1) is 11.5 Å². The summed E-state index contributed by atoms with van der Waals surface area (Å²) < 4.78 is 24.1. The fourth-order valence-electron chi connectivity index (χ4n) is 2.96. The largest absolute Gasteiger partial charge is 0.294 e. The molecule has 0 aliphatic carbocycles. The van der Waals surface area contributed by atoms with E-state index in [0.29, 0.717) is 0 Å². The lowest BCUT2D eigenvalue weighted by Gasteiger charge is -2.28. The standard InChI is InChI=1S/C10H20N8O6S/c11-15-7(19)5(8(20)16-12)3-1-25(23,24)2-4(3)6(9(21)17-13)10(22)18-14/h3-6H,1-2,11-14H2,(H,15,19)(H,16,20)(H,17,21)(H,18,22). The second-order valence-corrected chi connectivity index (χ2v) is 7.55.